The number of nitrogens with zero attached hydrogens (tertiary/aromatic N) is 2. The first-order valence-corrected chi connectivity index (χ1v) is 12.2. The second kappa shape index (κ2) is 11.4. The molecule has 3 aromatic carbocycles. The number of ether oxygens (including phenoxy) is 1. The van der Waals surface area contributed by atoms with Crippen molar-refractivity contribution in [1.82, 2.24) is 4.90 Å². The van der Waals surface area contributed by atoms with Crippen LogP contribution in [0.3, 0.4) is 0 Å². The van der Waals surface area contributed by atoms with E-state index in [-0.39, 0.29) is 24.1 Å². The number of aliphatic imine (C=N–C) groups is 1. The lowest BCUT2D eigenvalue weighted by Gasteiger charge is -2.16. The SMILES string of the molecule is COc1ccccc1NC(=O)C[C@@H]1SC(=Nc2ccc(Cl)cc2)N(CCc2ccc(F)cc2)C1=O. The van der Waals surface area contributed by atoms with Crippen molar-refractivity contribution in [2.75, 3.05) is 19.0 Å². The van der Waals surface area contributed by atoms with Gasteiger partial charge in [-0.3, -0.25) is 14.5 Å². The number of rotatable bonds is 8. The Morgan fingerprint density at radius 1 is 1.11 bits per heavy atom. The van der Waals surface area contributed by atoms with E-state index in [4.69, 9.17) is 16.3 Å². The molecular formula is C26H23ClFN3O3S. The highest BCUT2D eigenvalue weighted by molar-refractivity contribution is 8.15. The van der Waals surface area contributed by atoms with E-state index in [2.05, 4.69) is 10.3 Å². The highest BCUT2D eigenvalue weighted by Crippen LogP contribution is 2.33. The largest absolute Gasteiger partial charge is 0.495 e. The summed E-state index contributed by atoms with van der Waals surface area (Å²) in [6, 6.07) is 20.2. The number of hydrogen-bond acceptors (Lipinski definition) is 5. The fraction of sp³-hybridized carbons (Fsp3) is 0.192. The molecule has 0 spiro atoms. The van der Waals surface area contributed by atoms with Crippen molar-refractivity contribution in [3.63, 3.8) is 0 Å². The average molecular weight is 512 g/mol. The van der Waals surface area contributed by atoms with Crippen molar-refractivity contribution in [1.29, 1.82) is 0 Å². The molecule has 2 amide bonds. The standard InChI is InChI=1S/C26H23ClFN3O3S/c1-34-22-5-3-2-4-21(22)30-24(32)16-23-25(33)31(15-14-17-6-10-19(28)11-7-17)26(35-23)29-20-12-8-18(27)9-13-20/h2-13,23H,14-16H2,1H3,(H,30,32)/t23-/m0/s1. The molecule has 1 heterocycles. The number of carbonyl (C=O) groups excluding carboxylic acids is 2. The Kier molecular flexibility index (Phi) is 8.05. The van der Waals surface area contributed by atoms with Crippen LogP contribution in [0.1, 0.15) is 12.0 Å². The van der Waals surface area contributed by atoms with Crippen LogP contribution in [0.2, 0.25) is 5.02 Å². The molecule has 1 atom stereocenters. The van der Waals surface area contributed by atoms with E-state index in [1.807, 2.05) is 6.07 Å². The van der Waals surface area contributed by atoms with Gasteiger partial charge in [0.1, 0.15) is 16.8 Å². The van der Waals surface area contributed by atoms with Crippen LogP contribution < -0.4 is 10.1 Å². The van der Waals surface area contributed by atoms with E-state index in [1.54, 1.807) is 59.5 Å². The van der Waals surface area contributed by atoms with Crippen molar-refractivity contribution >= 4 is 51.7 Å². The Labute approximate surface area is 212 Å². The molecule has 1 N–H and O–H groups in total. The highest BCUT2D eigenvalue weighted by Gasteiger charge is 2.39. The molecule has 35 heavy (non-hydrogen) atoms. The number of para-hydroxylation sites is 2. The third-order valence-corrected chi connectivity index (χ3v) is 6.79. The molecular weight excluding hydrogens is 489 g/mol. The van der Waals surface area contributed by atoms with Crippen LogP contribution in [0.5, 0.6) is 5.75 Å². The first-order valence-electron chi connectivity index (χ1n) is 10.9. The van der Waals surface area contributed by atoms with Crippen molar-refractivity contribution < 1.29 is 18.7 Å². The van der Waals surface area contributed by atoms with E-state index < -0.39 is 5.25 Å². The predicted molar refractivity (Wildman–Crippen MR) is 138 cm³/mol. The maximum atomic E-state index is 13.3. The number of halogens is 2. The van der Waals surface area contributed by atoms with Gasteiger partial charge in [-0.25, -0.2) is 9.38 Å². The number of anilines is 1. The van der Waals surface area contributed by atoms with Crippen LogP contribution in [-0.4, -0.2) is 40.8 Å². The first kappa shape index (κ1) is 24.8. The number of hydrogen-bond donors (Lipinski definition) is 1. The zero-order valence-electron chi connectivity index (χ0n) is 18.9. The molecule has 0 saturated carbocycles. The van der Waals surface area contributed by atoms with Crippen LogP contribution in [0.25, 0.3) is 0 Å². The number of benzene rings is 3. The molecule has 1 saturated heterocycles. The summed E-state index contributed by atoms with van der Waals surface area (Å²) in [6.07, 6.45) is 0.501. The Morgan fingerprint density at radius 2 is 1.83 bits per heavy atom. The maximum Gasteiger partial charge on any atom is 0.242 e. The Hall–Kier alpha value is -3.36. The van der Waals surface area contributed by atoms with Crippen molar-refractivity contribution in [3.05, 3.63) is 89.2 Å². The lowest BCUT2D eigenvalue weighted by Crippen LogP contribution is -2.35. The molecule has 0 radical (unpaired) electrons. The number of thioether (sulfide) groups is 1. The molecule has 0 bridgehead atoms. The minimum absolute atomic E-state index is 0.0196. The topological polar surface area (TPSA) is 71.0 Å². The lowest BCUT2D eigenvalue weighted by molar-refractivity contribution is -0.128. The van der Waals surface area contributed by atoms with Gasteiger partial charge in [0.25, 0.3) is 0 Å². The lowest BCUT2D eigenvalue weighted by atomic mass is 10.1. The van der Waals surface area contributed by atoms with E-state index in [1.165, 1.54) is 31.0 Å². The summed E-state index contributed by atoms with van der Waals surface area (Å²) < 4.78 is 18.5. The zero-order chi connectivity index (χ0) is 24.8. The quantitative estimate of drug-likeness (QED) is 0.421. The van der Waals surface area contributed by atoms with Gasteiger partial charge >= 0.3 is 0 Å². The van der Waals surface area contributed by atoms with E-state index in [9.17, 15) is 14.0 Å². The number of methoxy groups -OCH3 is 1. The molecule has 1 fully saturated rings. The molecule has 0 unspecified atom stereocenters. The maximum absolute atomic E-state index is 13.3. The van der Waals surface area contributed by atoms with Gasteiger partial charge in [-0.1, -0.05) is 47.6 Å². The number of carbonyl (C=O) groups is 2. The number of amidine groups is 1. The fourth-order valence-corrected chi connectivity index (χ4v) is 4.88. The van der Waals surface area contributed by atoms with Crippen molar-refractivity contribution in [2.45, 2.75) is 18.1 Å². The second-order valence-corrected chi connectivity index (χ2v) is 9.40. The van der Waals surface area contributed by atoms with E-state index in [0.717, 1.165) is 5.56 Å². The minimum Gasteiger partial charge on any atom is -0.495 e. The summed E-state index contributed by atoms with van der Waals surface area (Å²) in [6.45, 7) is 0.356. The smallest absolute Gasteiger partial charge is 0.242 e. The van der Waals surface area contributed by atoms with Gasteiger partial charge in [-0.15, -0.1) is 0 Å². The van der Waals surface area contributed by atoms with Gasteiger partial charge in [0.05, 0.1) is 18.5 Å². The molecule has 180 valence electrons. The van der Waals surface area contributed by atoms with Crippen LogP contribution in [-0.2, 0) is 16.0 Å². The summed E-state index contributed by atoms with van der Waals surface area (Å²) in [5.74, 6) is -0.267. The van der Waals surface area contributed by atoms with Gasteiger partial charge in [0, 0.05) is 18.0 Å². The zero-order valence-corrected chi connectivity index (χ0v) is 20.5. The van der Waals surface area contributed by atoms with Crippen molar-refractivity contribution in [3.8, 4) is 5.75 Å². The Morgan fingerprint density at radius 3 is 2.54 bits per heavy atom. The average Bonchev–Trinajstić information content (AvgIpc) is 3.14. The summed E-state index contributed by atoms with van der Waals surface area (Å²) in [5, 5.41) is 3.29. The number of amides is 2. The first-order chi connectivity index (χ1) is 16.9. The Balaban J connectivity index is 1.51. The van der Waals surface area contributed by atoms with Crippen LogP contribution in [0, 0.1) is 5.82 Å². The van der Waals surface area contributed by atoms with E-state index >= 15 is 0 Å². The second-order valence-electron chi connectivity index (χ2n) is 7.80. The molecule has 0 aliphatic carbocycles. The van der Waals surface area contributed by atoms with Crippen molar-refractivity contribution in [2.24, 2.45) is 4.99 Å². The van der Waals surface area contributed by atoms with E-state index in [0.29, 0.717) is 40.3 Å². The molecule has 1 aliphatic rings. The number of nitrogens with one attached hydrogen (secondary N) is 1. The summed E-state index contributed by atoms with van der Waals surface area (Å²) in [4.78, 5) is 32.3. The molecule has 9 heteroatoms. The molecule has 3 aromatic rings. The third-order valence-electron chi connectivity index (χ3n) is 5.36. The molecule has 1 aliphatic heterocycles. The van der Waals surface area contributed by atoms with Gasteiger partial charge in [-0.05, 0) is 60.5 Å². The van der Waals surface area contributed by atoms with Gasteiger partial charge in [-0.2, -0.15) is 0 Å². The normalized spacial score (nSPS) is 16.5. The highest BCUT2D eigenvalue weighted by atomic mass is 35.5. The Bertz CT molecular complexity index is 1240. The molecule has 0 aromatic heterocycles. The fourth-order valence-electron chi connectivity index (χ4n) is 3.57. The van der Waals surface area contributed by atoms with Crippen LogP contribution in [0.4, 0.5) is 15.8 Å². The molecule has 6 nitrogen and oxygen atoms in total. The van der Waals surface area contributed by atoms with Gasteiger partial charge in [0.15, 0.2) is 5.17 Å². The minimum atomic E-state index is -0.621. The van der Waals surface area contributed by atoms with Gasteiger partial charge < -0.3 is 10.1 Å². The monoisotopic (exact) mass is 511 g/mol. The van der Waals surface area contributed by atoms with Crippen LogP contribution in [0.15, 0.2) is 77.8 Å². The third kappa shape index (κ3) is 6.41. The molecule has 4 rings (SSSR count). The summed E-state index contributed by atoms with van der Waals surface area (Å²) in [5.41, 5.74) is 2.08. The summed E-state index contributed by atoms with van der Waals surface area (Å²) >= 11 is 7.23. The van der Waals surface area contributed by atoms with Gasteiger partial charge in [0.2, 0.25) is 11.8 Å². The van der Waals surface area contributed by atoms with Crippen LogP contribution >= 0.6 is 23.4 Å². The summed E-state index contributed by atoms with van der Waals surface area (Å²) in [7, 11) is 1.53. The predicted octanol–water partition coefficient (Wildman–Crippen LogP) is 5.69.